The molecular weight excluding hydrogens is 321 g/mol. The summed E-state index contributed by atoms with van der Waals surface area (Å²) in [6, 6.07) is 6.07. The Hall–Kier alpha value is -2.43. The van der Waals surface area contributed by atoms with Crippen LogP contribution in [0.15, 0.2) is 46.8 Å². The highest BCUT2D eigenvalue weighted by atomic mass is 19.1. The number of rotatable bonds is 2. The third-order valence-corrected chi connectivity index (χ3v) is 5.09. The fourth-order valence-electron chi connectivity index (χ4n) is 3.68. The molecule has 132 valence electrons. The average molecular weight is 343 g/mol. The summed E-state index contributed by atoms with van der Waals surface area (Å²) < 4.78 is 18.8. The molecule has 0 aromatic heterocycles. The number of hydrogen-bond acceptors (Lipinski definition) is 4. The van der Waals surface area contributed by atoms with Gasteiger partial charge in [-0.3, -0.25) is 4.79 Å². The van der Waals surface area contributed by atoms with Crippen molar-refractivity contribution in [1.29, 1.82) is 0 Å². The van der Waals surface area contributed by atoms with Gasteiger partial charge in [0.15, 0.2) is 5.78 Å². The Morgan fingerprint density at radius 3 is 2.72 bits per heavy atom. The molecule has 1 aliphatic carbocycles. The smallest absolute Gasteiger partial charge is 0.336 e. The van der Waals surface area contributed by atoms with Crippen molar-refractivity contribution in [2.75, 3.05) is 7.11 Å². The molecule has 1 aromatic carbocycles. The maximum atomic E-state index is 13.9. The number of ketones is 1. The van der Waals surface area contributed by atoms with Crippen molar-refractivity contribution in [1.82, 2.24) is 5.32 Å². The summed E-state index contributed by atoms with van der Waals surface area (Å²) in [5.74, 6) is -1.54. The monoisotopic (exact) mass is 343 g/mol. The molecule has 1 atom stereocenters. The van der Waals surface area contributed by atoms with Crippen LogP contribution in [0.1, 0.15) is 45.1 Å². The molecule has 0 spiro atoms. The van der Waals surface area contributed by atoms with Crippen LogP contribution < -0.4 is 5.32 Å². The van der Waals surface area contributed by atoms with Crippen LogP contribution in [0.25, 0.3) is 0 Å². The standard InChI is InChI=1S/C20H22FNO3/c1-11-15(19(24)25-4)16(12-6-5-7-13(21)10-12)17-14(22-11)8-9-20(2,3)18(17)23/h5-7,10,16,22H,8-9H2,1-4H3. The highest BCUT2D eigenvalue weighted by Crippen LogP contribution is 2.46. The lowest BCUT2D eigenvalue weighted by molar-refractivity contribution is -0.136. The van der Waals surface area contributed by atoms with E-state index in [-0.39, 0.29) is 5.78 Å². The van der Waals surface area contributed by atoms with Crippen molar-refractivity contribution in [2.45, 2.75) is 39.5 Å². The van der Waals surface area contributed by atoms with E-state index in [1.165, 1.54) is 19.2 Å². The molecule has 1 N–H and O–H groups in total. The number of methoxy groups -OCH3 is 1. The van der Waals surface area contributed by atoms with Crippen LogP contribution in [0.5, 0.6) is 0 Å². The summed E-state index contributed by atoms with van der Waals surface area (Å²) in [7, 11) is 1.31. The minimum atomic E-state index is -0.619. The Bertz CT molecular complexity index is 820. The minimum absolute atomic E-state index is 0.00980. The van der Waals surface area contributed by atoms with Gasteiger partial charge in [-0.2, -0.15) is 0 Å². The van der Waals surface area contributed by atoms with Gasteiger partial charge < -0.3 is 10.1 Å². The molecule has 3 rings (SSSR count). The molecule has 4 nitrogen and oxygen atoms in total. The van der Waals surface area contributed by atoms with E-state index in [0.717, 1.165) is 12.1 Å². The number of carbonyl (C=O) groups excluding carboxylic acids is 2. The summed E-state index contributed by atoms with van der Waals surface area (Å²) in [6.45, 7) is 5.60. The zero-order valence-electron chi connectivity index (χ0n) is 14.9. The van der Waals surface area contributed by atoms with Crippen molar-refractivity contribution < 1.29 is 18.7 Å². The largest absolute Gasteiger partial charge is 0.466 e. The van der Waals surface area contributed by atoms with Crippen LogP contribution in [0, 0.1) is 11.2 Å². The predicted molar refractivity (Wildman–Crippen MR) is 92.0 cm³/mol. The molecule has 0 bridgehead atoms. The van der Waals surface area contributed by atoms with E-state index in [1.807, 2.05) is 13.8 Å². The molecule has 0 radical (unpaired) electrons. The van der Waals surface area contributed by atoms with Crippen molar-refractivity contribution in [3.8, 4) is 0 Å². The Kier molecular flexibility index (Phi) is 4.27. The number of benzene rings is 1. The molecular formula is C20H22FNO3. The van der Waals surface area contributed by atoms with E-state index in [1.54, 1.807) is 19.1 Å². The number of hydrogen-bond donors (Lipinski definition) is 1. The molecule has 0 saturated carbocycles. The first-order valence-corrected chi connectivity index (χ1v) is 8.35. The Balaban J connectivity index is 2.23. The number of halogens is 1. The van der Waals surface area contributed by atoms with Crippen molar-refractivity contribution in [2.24, 2.45) is 5.41 Å². The Morgan fingerprint density at radius 2 is 2.08 bits per heavy atom. The zero-order chi connectivity index (χ0) is 18.4. The van der Waals surface area contributed by atoms with Gasteiger partial charge in [-0.1, -0.05) is 26.0 Å². The number of esters is 1. The second-order valence-electron chi connectivity index (χ2n) is 7.25. The number of carbonyl (C=O) groups is 2. The molecule has 1 aromatic rings. The Morgan fingerprint density at radius 1 is 1.36 bits per heavy atom. The normalized spacial score (nSPS) is 22.4. The number of ether oxygens (including phenoxy) is 1. The molecule has 0 amide bonds. The van der Waals surface area contributed by atoms with E-state index in [4.69, 9.17) is 4.74 Å². The van der Waals surface area contributed by atoms with Crippen molar-refractivity contribution in [3.05, 3.63) is 58.2 Å². The van der Waals surface area contributed by atoms with Gasteiger partial charge >= 0.3 is 5.97 Å². The van der Waals surface area contributed by atoms with Gasteiger partial charge in [-0.05, 0) is 37.5 Å². The van der Waals surface area contributed by atoms with Gasteiger partial charge in [-0.15, -0.1) is 0 Å². The first kappa shape index (κ1) is 17.4. The van der Waals surface area contributed by atoms with Gasteiger partial charge in [0.25, 0.3) is 0 Å². The number of dihydropyridines is 1. The van der Waals surface area contributed by atoms with Gasteiger partial charge in [0, 0.05) is 28.3 Å². The third kappa shape index (κ3) is 2.88. The van der Waals surface area contributed by atoms with E-state index >= 15 is 0 Å². The minimum Gasteiger partial charge on any atom is -0.466 e. The predicted octanol–water partition coefficient (Wildman–Crippen LogP) is 3.60. The fourth-order valence-corrected chi connectivity index (χ4v) is 3.68. The molecule has 5 heteroatoms. The van der Waals surface area contributed by atoms with E-state index in [9.17, 15) is 14.0 Å². The second kappa shape index (κ2) is 6.14. The molecule has 1 aliphatic heterocycles. The highest BCUT2D eigenvalue weighted by Gasteiger charge is 2.44. The van der Waals surface area contributed by atoms with E-state index < -0.39 is 23.1 Å². The van der Waals surface area contributed by atoms with Gasteiger partial charge in [0.2, 0.25) is 0 Å². The summed E-state index contributed by atoms with van der Waals surface area (Å²) in [5.41, 5.74) is 2.44. The van der Waals surface area contributed by atoms with Crippen molar-refractivity contribution >= 4 is 11.8 Å². The van der Waals surface area contributed by atoms with Gasteiger partial charge in [0.05, 0.1) is 12.7 Å². The van der Waals surface area contributed by atoms with E-state index in [2.05, 4.69) is 5.32 Å². The molecule has 25 heavy (non-hydrogen) atoms. The topological polar surface area (TPSA) is 55.4 Å². The van der Waals surface area contributed by atoms with Crippen molar-refractivity contribution in [3.63, 3.8) is 0 Å². The summed E-state index contributed by atoms with van der Waals surface area (Å²) in [5, 5.41) is 3.21. The third-order valence-electron chi connectivity index (χ3n) is 5.09. The summed E-state index contributed by atoms with van der Waals surface area (Å²) in [6.07, 6.45) is 1.44. The fraction of sp³-hybridized carbons (Fsp3) is 0.400. The quantitative estimate of drug-likeness (QED) is 0.834. The van der Waals surface area contributed by atoms with Crippen LogP contribution in [-0.4, -0.2) is 18.9 Å². The van der Waals surface area contributed by atoms with Gasteiger partial charge in [-0.25, -0.2) is 9.18 Å². The average Bonchev–Trinajstić information content (AvgIpc) is 2.57. The Labute approximate surface area is 146 Å². The maximum absolute atomic E-state index is 13.9. The summed E-state index contributed by atoms with van der Waals surface area (Å²) >= 11 is 0. The second-order valence-corrected chi connectivity index (χ2v) is 7.25. The number of Topliss-reactive ketones (excluding diaryl/α,β-unsaturated/α-hetero) is 1. The lowest BCUT2D eigenvalue weighted by Gasteiger charge is -2.39. The summed E-state index contributed by atoms with van der Waals surface area (Å²) in [4.78, 5) is 25.6. The zero-order valence-corrected chi connectivity index (χ0v) is 14.9. The lowest BCUT2D eigenvalue weighted by Crippen LogP contribution is -2.40. The molecule has 2 aliphatic rings. The van der Waals surface area contributed by atoms with Crippen LogP contribution in [0.2, 0.25) is 0 Å². The SMILES string of the molecule is COC(=O)C1=C(C)NC2=C(C(=O)C(C)(C)CC2)C1c1cccc(F)c1. The highest BCUT2D eigenvalue weighted by molar-refractivity contribution is 6.06. The van der Waals surface area contributed by atoms with Crippen LogP contribution in [0.3, 0.4) is 0 Å². The van der Waals surface area contributed by atoms with Crippen LogP contribution in [0.4, 0.5) is 4.39 Å². The lowest BCUT2D eigenvalue weighted by atomic mass is 9.67. The van der Waals surface area contributed by atoms with Gasteiger partial charge in [0.1, 0.15) is 5.82 Å². The van der Waals surface area contributed by atoms with Crippen LogP contribution in [-0.2, 0) is 14.3 Å². The molecule has 0 fully saturated rings. The molecule has 0 saturated heterocycles. The first-order chi connectivity index (χ1) is 11.8. The molecule has 1 unspecified atom stereocenters. The first-order valence-electron chi connectivity index (χ1n) is 8.35. The number of nitrogens with one attached hydrogen (secondary N) is 1. The van der Waals surface area contributed by atoms with E-state index in [0.29, 0.717) is 28.8 Å². The number of allylic oxidation sites excluding steroid dienone is 3. The maximum Gasteiger partial charge on any atom is 0.336 e. The molecule has 1 heterocycles. The van der Waals surface area contributed by atoms with Crippen LogP contribution >= 0.6 is 0 Å².